The van der Waals surface area contributed by atoms with Gasteiger partial charge in [-0.25, -0.2) is 4.79 Å². The quantitative estimate of drug-likeness (QED) is 0.451. The van der Waals surface area contributed by atoms with Crippen LogP contribution < -0.4 is 0 Å². The second-order valence-corrected chi connectivity index (χ2v) is 9.55. The van der Waals surface area contributed by atoms with Crippen LogP contribution in [0.15, 0.2) is 48.5 Å². The molecule has 0 bridgehead atoms. The molecule has 1 fully saturated rings. The predicted octanol–water partition coefficient (Wildman–Crippen LogP) is 6.89. The number of benzene rings is 2. The van der Waals surface area contributed by atoms with Gasteiger partial charge < -0.3 is 9.47 Å². The van der Waals surface area contributed by atoms with Crippen LogP contribution in [0.25, 0.3) is 0 Å². The summed E-state index contributed by atoms with van der Waals surface area (Å²) in [6, 6.07) is 14.5. The van der Waals surface area contributed by atoms with Crippen molar-refractivity contribution in [2.24, 2.45) is 17.8 Å². The van der Waals surface area contributed by atoms with E-state index in [4.69, 9.17) is 32.7 Å². The maximum atomic E-state index is 13.8. The van der Waals surface area contributed by atoms with Crippen LogP contribution in [0.2, 0.25) is 10.0 Å². The predicted molar refractivity (Wildman–Crippen MR) is 122 cm³/mol. The highest BCUT2D eigenvalue weighted by Gasteiger charge is 2.47. The van der Waals surface area contributed by atoms with Crippen molar-refractivity contribution in [2.75, 3.05) is 7.11 Å². The lowest BCUT2D eigenvalue weighted by Gasteiger charge is -2.39. The minimum atomic E-state index is -1.45. The molecule has 0 aliphatic heterocycles. The number of methoxy groups -OCH3 is 1. The zero-order valence-corrected chi connectivity index (χ0v) is 19.5. The highest BCUT2D eigenvalue weighted by atomic mass is 35.5. The second-order valence-electron chi connectivity index (χ2n) is 8.68. The molecule has 0 spiro atoms. The van der Waals surface area contributed by atoms with E-state index in [0.29, 0.717) is 38.9 Å². The van der Waals surface area contributed by atoms with Crippen molar-refractivity contribution in [1.29, 1.82) is 0 Å². The maximum absolute atomic E-state index is 13.8. The van der Waals surface area contributed by atoms with Crippen LogP contribution in [0.4, 0.5) is 0 Å². The Morgan fingerprint density at radius 3 is 2.23 bits per heavy atom. The van der Waals surface area contributed by atoms with E-state index in [1.165, 1.54) is 7.11 Å². The van der Waals surface area contributed by atoms with Crippen molar-refractivity contribution in [3.63, 3.8) is 0 Å². The zero-order valence-electron chi connectivity index (χ0n) is 18.0. The Labute approximate surface area is 189 Å². The van der Waals surface area contributed by atoms with Gasteiger partial charge in [-0.1, -0.05) is 80.7 Å². The van der Waals surface area contributed by atoms with Gasteiger partial charge in [-0.3, -0.25) is 0 Å². The van der Waals surface area contributed by atoms with Crippen LogP contribution in [0, 0.1) is 17.8 Å². The van der Waals surface area contributed by atoms with Gasteiger partial charge in [0.15, 0.2) is 0 Å². The number of carbonyl (C=O) groups excluding carboxylic acids is 1. The average molecular weight is 449 g/mol. The summed E-state index contributed by atoms with van der Waals surface area (Å²) in [7, 11) is 1.52. The fourth-order valence-electron chi connectivity index (χ4n) is 4.62. The third kappa shape index (κ3) is 4.69. The molecule has 4 unspecified atom stereocenters. The molecule has 0 N–H and O–H groups in total. The summed E-state index contributed by atoms with van der Waals surface area (Å²) < 4.78 is 12.2. The molecule has 4 atom stereocenters. The van der Waals surface area contributed by atoms with E-state index in [1.807, 2.05) is 30.3 Å². The summed E-state index contributed by atoms with van der Waals surface area (Å²) in [6.45, 7) is 6.60. The minimum absolute atomic E-state index is 0.144. The number of carbonyl (C=O) groups is 1. The summed E-state index contributed by atoms with van der Waals surface area (Å²) in [6.07, 6.45) is 2.94. The van der Waals surface area contributed by atoms with Crippen molar-refractivity contribution in [3.05, 3.63) is 69.7 Å². The molecule has 0 radical (unpaired) electrons. The third-order valence-corrected chi connectivity index (χ3v) is 6.70. The van der Waals surface area contributed by atoms with Gasteiger partial charge >= 0.3 is 5.97 Å². The van der Waals surface area contributed by atoms with Crippen LogP contribution in [-0.4, -0.2) is 19.2 Å². The van der Waals surface area contributed by atoms with Crippen LogP contribution >= 0.6 is 23.2 Å². The summed E-state index contributed by atoms with van der Waals surface area (Å²) in [4.78, 5) is 13.8. The van der Waals surface area contributed by atoms with E-state index in [0.717, 1.165) is 19.3 Å². The van der Waals surface area contributed by atoms with Crippen molar-refractivity contribution in [1.82, 2.24) is 0 Å². The van der Waals surface area contributed by atoms with E-state index >= 15 is 0 Å². The molecule has 1 aliphatic carbocycles. The normalized spacial score (nSPS) is 23.8. The van der Waals surface area contributed by atoms with Crippen molar-refractivity contribution in [3.8, 4) is 0 Å². The van der Waals surface area contributed by atoms with Gasteiger partial charge in [0.2, 0.25) is 5.60 Å². The topological polar surface area (TPSA) is 35.5 Å². The Kier molecular flexibility index (Phi) is 7.49. The molecule has 0 aromatic heterocycles. The monoisotopic (exact) mass is 448 g/mol. The first kappa shape index (κ1) is 23.1. The molecule has 30 heavy (non-hydrogen) atoms. The van der Waals surface area contributed by atoms with Crippen LogP contribution in [0.5, 0.6) is 0 Å². The van der Waals surface area contributed by atoms with Gasteiger partial charge in [0.25, 0.3) is 0 Å². The van der Waals surface area contributed by atoms with E-state index in [9.17, 15) is 4.79 Å². The van der Waals surface area contributed by atoms with Crippen molar-refractivity contribution in [2.45, 2.75) is 51.7 Å². The molecular weight excluding hydrogens is 419 g/mol. The van der Waals surface area contributed by atoms with Crippen molar-refractivity contribution < 1.29 is 14.3 Å². The molecule has 0 amide bonds. The first-order valence-electron chi connectivity index (χ1n) is 10.6. The smallest absolute Gasteiger partial charge is 0.348 e. The molecule has 1 aliphatic rings. The van der Waals surface area contributed by atoms with Gasteiger partial charge in [0.1, 0.15) is 6.10 Å². The summed E-state index contributed by atoms with van der Waals surface area (Å²) in [5, 5.41) is 0.878. The number of hydrogen-bond acceptors (Lipinski definition) is 3. The molecular formula is C25H30Cl2O3. The van der Waals surface area contributed by atoms with Gasteiger partial charge in [-0.05, 0) is 54.4 Å². The Morgan fingerprint density at radius 2 is 1.67 bits per heavy atom. The SMILES string of the molecule is COC(C(=O)OC1CC(C)CCC1C(C)C)(c1ccccc1)c1cc(Cl)cc(Cl)c1. The molecule has 162 valence electrons. The number of hydrogen-bond donors (Lipinski definition) is 0. The van der Waals surface area contributed by atoms with Gasteiger partial charge in [-0.2, -0.15) is 0 Å². The lowest BCUT2D eigenvalue weighted by molar-refractivity contribution is -0.177. The van der Waals surface area contributed by atoms with Crippen LogP contribution in [0.3, 0.4) is 0 Å². The summed E-state index contributed by atoms with van der Waals surface area (Å²) in [5.41, 5.74) is -0.206. The molecule has 0 saturated heterocycles. The zero-order chi connectivity index (χ0) is 21.9. The van der Waals surface area contributed by atoms with E-state index in [2.05, 4.69) is 20.8 Å². The number of rotatable bonds is 6. The number of ether oxygens (including phenoxy) is 2. The van der Waals surface area contributed by atoms with E-state index in [1.54, 1.807) is 18.2 Å². The molecule has 5 heteroatoms. The number of halogens is 2. The number of esters is 1. The van der Waals surface area contributed by atoms with E-state index < -0.39 is 11.6 Å². The highest BCUT2D eigenvalue weighted by Crippen LogP contribution is 2.41. The molecule has 2 aromatic rings. The Bertz CT molecular complexity index is 848. The Morgan fingerprint density at radius 1 is 1.03 bits per heavy atom. The van der Waals surface area contributed by atoms with Crippen LogP contribution in [-0.2, 0) is 19.9 Å². The highest BCUT2D eigenvalue weighted by molar-refractivity contribution is 6.34. The van der Waals surface area contributed by atoms with Gasteiger partial charge in [-0.15, -0.1) is 0 Å². The Balaban J connectivity index is 2.06. The van der Waals surface area contributed by atoms with E-state index in [-0.39, 0.29) is 6.10 Å². The summed E-state index contributed by atoms with van der Waals surface area (Å²) >= 11 is 12.6. The summed E-state index contributed by atoms with van der Waals surface area (Å²) in [5.74, 6) is 0.856. The largest absolute Gasteiger partial charge is 0.459 e. The second kappa shape index (κ2) is 9.72. The molecule has 3 rings (SSSR count). The fourth-order valence-corrected chi connectivity index (χ4v) is 5.15. The molecule has 2 aromatic carbocycles. The molecule has 0 heterocycles. The van der Waals surface area contributed by atoms with Crippen molar-refractivity contribution >= 4 is 29.2 Å². The average Bonchev–Trinajstić information content (AvgIpc) is 2.69. The lowest BCUT2D eigenvalue weighted by atomic mass is 9.75. The minimum Gasteiger partial charge on any atom is -0.459 e. The fraction of sp³-hybridized carbons (Fsp3) is 0.480. The first-order valence-corrected chi connectivity index (χ1v) is 11.3. The molecule has 1 saturated carbocycles. The Hall–Kier alpha value is -1.55. The van der Waals surface area contributed by atoms with Crippen LogP contribution in [0.1, 0.15) is 51.2 Å². The standard InChI is InChI=1S/C25H30Cl2O3/c1-16(2)22-11-10-17(3)12-23(22)30-24(28)25(29-4,18-8-6-5-7-9-18)19-13-20(26)15-21(27)14-19/h5-9,13-17,22-23H,10-12H2,1-4H3. The maximum Gasteiger partial charge on any atom is 0.348 e. The lowest BCUT2D eigenvalue weighted by Crippen LogP contribution is -2.45. The first-order chi connectivity index (χ1) is 14.3. The molecule has 3 nitrogen and oxygen atoms in total. The third-order valence-electron chi connectivity index (χ3n) is 6.26. The van der Waals surface area contributed by atoms with Gasteiger partial charge in [0, 0.05) is 22.7 Å². The van der Waals surface area contributed by atoms with Gasteiger partial charge in [0.05, 0.1) is 0 Å².